The summed E-state index contributed by atoms with van der Waals surface area (Å²) in [7, 11) is 0. The van der Waals surface area contributed by atoms with Gasteiger partial charge in [0.2, 0.25) is 0 Å². The maximum absolute atomic E-state index is 10.7. The Hall–Kier alpha value is -2.34. The van der Waals surface area contributed by atoms with Gasteiger partial charge in [0.05, 0.1) is 5.56 Å². The molecule has 2 N–H and O–H groups in total. The van der Waals surface area contributed by atoms with Crippen LogP contribution in [0.5, 0.6) is 23.0 Å². The molecule has 6 heteroatoms. The third-order valence-electron chi connectivity index (χ3n) is 6.38. The zero-order valence-corrected chi connectivity index (χ0v) is 22.1. The van der Waals surface area contributed by atoms with Crippen molar-refractivity contribution in [2.75, 3.05) is 32.8 Å². The molecule has 2 aliphatic heterocycles. The van der Waals surface area contributed by atoms with Gasteiger partial charge in [-0.1, -0.05) is 48.9 Å². The van der Waals surface area contributed by atoms with Gasteiger partial charge in [0.1, 0.15) is 36.2 Å². The quantitative estimate of drug-likeness (QED) is 0.451. The molecule has 1 saturated heterocycles. The van der Waals surface area contributed by atoms with Gasteiger partial charge < -0.3 is 19.7 Å². The Kier molecular flexibility index (Phi) is 8.30. The predicted octanol–water partition coefficient (Wildman–Crippen LogP) is 5.31. The van der Waals surface area contributed by atoms with Crippen LogP contribution in [0.2, 0.25) is 0 Å². The second-order valence-electron chi connectivity index (χ2n) is 8.62. The van der Waals surface area contributed by atoms with E-state index < -0.39 is 0 Å². The Morgan fingerprint density at radius 2 is 1.59 bits per heavy atom. The summed E-state index contributed by atoms with van der Waals surface area (Å²) >= 11 is 0. The zero-order valence-electron chi connectivity index (χ0n) is 19.2. The standard InChI is InChI=1S/C28H29NO4.Y/c30-22-17-25(31)28-26(18-22)33-19-24(20-7-3-1-4-8-20)27(28)21-9-11-23(12-10-21)32-16-15-29-13-5-2-6-14-29;/h1,3-4,7-12,17-18,30-31H,2,5-6,13-16,19H2;. The molecule has 0 unspecified atom stereocenters. The number of phenolic OH excluding ortho intramolecular Hbond substituents is 2. The molecule has 1 fully saturated rings. The molecule has 2 heterocycles. The molecule has 1 radical (unpaired) electrons. The molecule has 0 amide bonds. The molecule has 0 spiro atoms. The van der Waals surface area contributed by atoms with Crippen molar-refractivity contribution in [1.82, 2.24) is 4.90 Å². The van der Waals surface area contributed by atoms with E-state index in [9.17, 15) is 10.2 Å². The average Bonchev–Trinajstić information content (AvgIpc) is 2.85. The Balaban J connectivity index is 0.00000274. The molecule has 5 nitrogen and oxygen atoms in total. The summed E-state index contributed by atoms with van der Waals surface area (Å²) in [4.78, 5) is 2.46. The van der Waals surface area contributed by atoms with Gasteiger partial charge in [-0.15, -0.1) is 0 Å². The molecule has 3 aromatic carbocycles. The van der Waals surface area contributed by atoms with E-state index in [0.717, 1.165) is 34.6 Å². The van der Waals surface area contributed by atoms with Crippen molar-refractivity contribution in [3.8, 4) is 23.0 Å². The minimum absolute atomic E-state index is 0. The van der Waals surface area contributed by atoms with Crippen LogP contribution in [0.15, 0.2) is 66.7 Å². The summed E-state index contributed by atoms with van der Waals surface area (Å²) in [5, 5.41) is 20.7. The van der Waals surface area contributed by atoms with Crippen molar-refractivity contribution in [2.24, 2.45) is 0 Å². The van der Waals surface area contributed by atoms with E-state index in [1.807, 2.05) is 54.6 Å². The molecule has 173 valence electrons. The van der Waals surface area contributed by atoms with E-state index in [2.05, 4.69) is 4.90 Å². The summed E-state index contributed by atoms with van der Waals surface area (Å²) in [5.74, 6) is 1.28. The van der Waals surface area contributed by atoms with Crippen LogP contribution in [0.25, 0.3) is 11.1 Å². The Labute approximate surface area is 225 Å². The van der Waals surface area contributed by atoms with Crippen LogP contribution in [-0.2, 0) is 32.7 Å². The first-order valence-corrected chi connectivity index (χ1v) is 11.6. The number of hydrogen-bond donors (Lipinski definition) is 2. The van der Waals surface area contributed by atoms with Gasteiger partial charge in [-0.05, 0) is 49.2 Å². The maximum Gasteiger partial charge on any atom is 0.135 e. The number of benzene rings is 3. The van der Waals surface area contributed by atoms with E-state index in [-0.39, 0.29) is 44.2 Å². The predicted molar refractivity (Wildman–Crippen MR) is 130 cm³/mol. The molecule has 3 aromatic rings. The van der Waals surface area contributed by atoms with Gasteiger partial charge in [-0.25, -0.2) is 0 Å². The first kappa shape index (κ1) is 24.8. The third kappa shape index (κ3) is 5.48. The average molecular weight is 532 g/mol. The minimum Gasteiger partial charge on any atom is -0.508 e. The molecule has 2 aliphatic rings. The fraction of sp³-hybridized carbons (Fsp3) is 0.286. The van der Waals surface area contributed by atoms with E-state index in [1.165, 1.54) is 38.4 Å². The SMILES string of the molecule is Oc1cc(O)c2c(c1)OCC(c1ccccc1)=C2c1ccc(OCCN2CCCCC2)cc1.[Y]. The first-order chi connectivity index (χ1) is 16.2. The van der Waals surface area contributed by atoms with Gasteiger partial charge in [-0.2, -0.15) is 0 Å². The van der Waals surface area contributed by atoms with Crippen LogP contribution in [0.3, 0.4) is 0 Å². The summed E-state index contributed by atoms with van der Waals surface area (Å²) in [6, 6.07) is 21.0. The van der Waals surface area contributed by atoms with Gasteiger partial charge >= 0.3 is 0 Å². The van der Waals surface area contributed by atoms with Crippen molar-refractivity contribution in [3.05, 3.63) is 83.4 Å². The Morgan fingerprint density at radius 3 is 2.32 bits per heavy atom. The number of ether oxygens (including phenoxy) is 2. The molecular weight excluding hydrogens is 503 g/mol. The normalized spacial score (nSPS) is 15.8. The number of rotatable bonds is 6. The Morgan fingerprint density at radius 1 is 0.853 bits per heavy atom. The maximum atomic E-state index is 10.7. The summed E-state index contributed by atoms with van der Waals surface area (Å²) in [5.41, 5.74) is 4.48. The number of nitrogens with zero attached hydrogens (tertiary/aromatic N) is 1. The second-order valence-corrected chi connectivity index (χ2v) is 8.62. The fourth-order valence-electron chi connectivity index (χ4n) is 4.70. The smallest absolute Gasteiger partial charge is 0.135 e. The third-order valence-corrected chi connectivity index (χ3v) is 6.38. The summed E-state index contributed by atoms with van der Waals surface area (Å²) in [6.07, 6.45) is 3.90. The topological polar surface area (TPSA) is 62.2 Å². The second kappa shape index (κ2) is 11.4. The van der Waals surface area contributed by atoms with Crippen LogP contribution in [0.1, 0.15) is 36.0 Å². The molecular formula is C28H29NO4Y. The van der Waals surface area contributed by atoms with Crippen LogP contribution >= 0.6 is 0 Å². The van der Waals surface area contributed by atoms with E-state index in [4.69, 9.17) is 9.47 Å². The van der Waals surface area contributed by atoms with Gasteiger partial charge in [0.25, 0.3) is 0 Å². The molecule has 0 atom stereocenters. The molecule has 0 saturated carbocycles. The minimum atomic E-state index is -0.0220. The molecule has 5 rings (SSSR count). The van der Waals surface area contributed by atoms with Crippen molar-refractivity contribution in [2.45, 2.75) is 19.3 Å². The number of hydrogen-bond acceptors (Lipinski definition) is 5. The van der Waals surface area contributed by atoms with Gasteiger partial charge in [-0.3, -0.25) is 4.90 Å². The van der Waals surface area contributed by atoms with Gasteiger partial charge in [0.15, 0.2) is 0 Å². The van der Waals surface area contributed by atoms with E-state index in [0.29, 0.717) is 24.5 Å². The number of likely N-dealkylation sites (tertiary alicyclic amines) is 1. The monoisotopic (exact) mass is 532 g/mol. The number of phenols is 2. The van der Waals surface area contributed by atoms with Crippen molar-refractivity contribution >= 4 is 11.1 Å². The fourth-order valence-corrected chi connectivity index (χ4v) is 4.70. The van der Waals surface area contributed by atoms with Crippen LogP contribution in [-0.4, -0.2) is 48.0 Å². The van der Waals surface area contributed by atoms with Gasteiger partial charge in [0, 0.05) is 62.5 Å². The van der Waals surface area contributed by atoms with Crippen molar-refractivity contribution in [3.63, 3.8) is 0 Å². The number of fused-ring (bicyclic) bond motifs is 1. The molecule has 0 bridgehead atoms. The van der Waals surface area contributed by atoms with Crippen LogP contribution in [0, 0.1) is 0 Å². The van der Waals surface area contributed by atoms with Crippen LogP contribution < -0.4 is 9.47 Å². The molecule has 0 aromatic heterocycles. The molecule has 34 heavy (non-hydrogen) atoms. The number of aromatic hydroxyl groups is 2. The van der Waals surface area contributed by atoms with Crippen LogP contribution in [0.4, 0.5) is 0 Å². The summed E-state index contributed by atoms with van der Waals surface area (Å²) in [6.45, 7) is 4.31. The zero-order chi connectivity index (χ0) is 22.6. The van der Waals surface area contributed by atoms with E-state index in [1.54, 1.807) is 6.07 Å². The largest absolute Gasteiger partial charge is 0.508 e. The van der Waals surface area contributed by atoms with Crippen molar-refractivity contribution in [1.29, 1.82) is 0 Å². The first-order valence-electron chi connectivity index (χ1n) is 11.6. The molecule has 0 aliphatic carbocycles. The number of piperidine rings is 1. The van der Waals surface area contributed by atoms with Crippen molar-refractivity contribution < 1.29 is 52.4 Å². The van der Waals surface area contributed by atoms with E-state index >= 15 is 0 Å². The Bertz CT molecular complexity index is 1140. The summed E-state index contributed by atoms with van der Waals surface area (Å²) < 4.78 is 11.9.